The Hall–Kier alpha value is -0.0400. The van der Waals surface area contributed by atoms with Gasteiger partial charge in [0.1, 0.15) is 0 Å². The lowest BCUT2D eigenvalue weighted by Crippen LogP contribution is -2.32. The first-order chi connectivity index (χ1) is 6.55. The maximum Gasteiger partial charge on any atom is 0.00725 e. The zero-order chi connectivity index (χ0) is 10.2. The summed E-state index contributed by atoms with van der Waals surface area (Å²) in [4.78, 5) is 0. The van der Waals surface area contributed by atoms with Gasteiger partial charge < -0.3 is 5.32 Å². The van der Waals surface area contributed by atoms with Gasteiger partial charge in [0.15, 0.2) is 0 Å². The van der Waals surface area contributed by atoms with Gasteiger partial charge in [0.05, 0.1) is 0 Å². The van der Waals surface area contributed by atoms with Crippen LogP contribution in [0.3, 0.4) is 0 Å². The minimum Gasteiger partial charge on any atom is -0.313 e. The predicted octanol–water partition coefficient (Wildman–Crippen LogP) is 3.34. The van der Waals surface area contributed by atoms with Crippen LogP contribution in [0.15, 0.2) is 0 Å². The molecule has 0 aromatic carbocycles. The molecule has 2 fully saturated rings. The van der Waals surface area contributed by atoms with Crippen molar-refractivity contribution in [3.63, 3.8) is 0 Å². The van der Waals surface area contributed by atoms with Crippen molar-refractivity contribution < 1.29 is 0 Å². The molecule has 0 saturated heterocycles. The van der Waals surface area contributed by atoms with E-state index in [0.717, 1.165) is 6.04 Å². The second kappa shape index (κ2) is 3.52. The van der Waals surface area contributed by atoms with Crippen LogP contribution < -0.4 is 5.32 Å². The Morgan fingerprint density at radius 3 is 2.36 bits per heavy atom. The molecule has 82 valence electrons. The Morgan fingerprint density at radius 1 is 1.21 bits per heavy atom. The fourth-order valence-electron chi connectivity index (χ4n) is 2.80. The van der Waals surface area contributed by atoms with E-state index in [4.69, 9.17) is 0 Å². The lowest BCUT2D eigenvalue weighted by atomic mass is 9.91. The molecule has 0 aromatic rings. The number of hydrogen-bond acceptors (Lipinski definition) is 1. The number of rotatable bonds is 4. The molecule has 14 heavy (non-hydrogen) atoms. The molecule has 2 aliphatic carbocycles. The Morgan fingerprint density at radius 2 is 1.93 bits per heavy atom. The third-order valence-electron chi connectivity index (χ3n) is 4.44. The SMILES string of the molecule is CCC1(CNC2CCC(C)(C)C2)CC1. The summed E-state index contributed by atoms with van der Waals surface area (Å²) >= 11 is 0. The van der Waals surface area contributed by atoms with E-state index in [1.54, 1.807) is 0 Å². The van der Waals surface area contributed by atoms with Crippen molar-refractivity contribution in [2.24, 2.45) is 10.8 Å². The zero-order valence-electron chi connectivity index (χ0n) is 10.0. The molecule has 0 bridgehead atoms. The molecule has 1 nitrogen and oxygen atoms in total. The van der Waals surface area contributed by atoms with E-state index >= 15 is 0 Å². The molecule has 0 aliphatic heterocycles. The number of hydrogen-bond donors (Lipinski definition) is 1. The first kappa shape index (κ1) is 10.5. The first-order valence-electron chi connectivity index (χ1n) is 6.29. The molecule has 1 N–H and O–H groups in total. The van der Waals surface area contributed by atoms with Gasteiger partial charge in [-0.05, 0) is 49.4 Å². The average Bonchev–Trinajstić information content (AvgIpc) is 2.84. The van der Waals surface area contributed by atoms with Gasteiger partial charge in [0.25, 0.3) is 0 Å². The second-order valence-electron chi connectivity index (χ2n) is 6.34. The molecule has 2 saturated carbocycles. The van der Waals surface area contributed by atoms with Gasteiger partial charge in [0, 0.05) is 12.6 Å². The van der Waals surface area contributed by atoms with Crippen molar-refractivity contribution >= 4 is 0 Å². The monoisotopic (exact) mass is 195 g/mol. The van der Waals surface area contributed by atoms with E-state index in [1.807, 2.05) is 0 Å². The first-order valence-corrected chi connectivity index (χ1v) is 6.29. The van der Waals surface area contributed by atoms with Crippen LogP contribution in [0.25, 0.3) is 0 Å². The molecule has 1 atom stereocenters. The van der Waals surface area contributed by atoms with Gasteiger partial charge >= 0.3 is 0 Å². The van der Waals surface area contributed by atoms with Crippen molar-refractivity contribution in [2.75, 3.05) is 6.54 Å². The van der Waals surface area contributed by atoms with Gasteiger partial charge in [-0.3, -0.25) is 0 Å². The van der Waals surface area contributed by atoms with Crippen molar-refractivity contribution in [2.45, 2.75) is 65.3 Å². The minimum absolute atomic E-state index is 0.598. The van der Waals surface area contributed by atoms with Crippen LogP contribution in [0.4, 0.5) is 0 Å². The van der Waals surface area contributed by atoms with Crippen LogP contribution in [-0.4, -0.2) is 12.6 Å². The van der Waals surface area contributed by atoms with Crippen molar-refractivity contribution in [1.82, 2.24) is 5.32 Å². The van der Waals surface area contributed by atoms with Crippen molar-refractivity contribution in [1.29, 1.82) is 0 Å². The van der Waals surface area contributed by atoms with Gasteiger partial charge in [-0.2, -0.15) is 0 Å². The van der Waals surface area contributed by atoms with E-state index in [9.17, 15) is 0 Å². The van der Waals surface area contributed by atoms with Gasteiger partial charge in [-0.15, -0.1) is 0 Å². The summed E-state index contributed by atoms with van der Waals surface area (Å²) in [7, 11) is 0. The molecular formula is C13H25N. The largest absolute Gasteiger partial charge is 0.313 e. The smallest absolute Gasteiger partial charge is 0.00725 e. The summed E-state index contributed by atoms with van der Waals surface area (Å²) in [5.41, 5.74) is 1.31. The quantitative estimate of drug-likeness (QED) is 0.725. The van der Waals surface area contributed by atoms with Crippen LogP contribution in [0, 0.1) is 10.8 Å². The fourth-order valence-corrected chi connectivity index (χ4v) is 2.80. The van der Waals surface area contributed by atoms with Crippen LogP contribution in [0.5, 0.6) is 0 Å². The summed E-state index contributed by atoms with van der Waals surface area (Å²) in [5.74, 6) is 0. The molecule has 2 rings (SSSR count). The Bertz CT molecular complexity index is 203. The molecule has 0 heterocycles. The summed E-state index contributed by atoms with van der Waals surface area (Å²) in [5, 5.41) is 3.79. The summed E-state index contributed by atoms with van der Waals surface area (Å²) in [6.07, 6.45) is 8.48. The summed E-state index contributed by atoms with van der Waals surface area (Å²) in [6, 6.07) is 0.814. The van der Waals surface area contributed by atoms with E-state index < -0.39 is 0 Å². The number of nitrogens with one attached hydrogen (secondary N) is 1. The highest BCUT2D eigenvalue weighted by Crippen LogP contribution is 2.48. The zero-order valence-corrected chi connectivity index (χ0v) is 10.0. The fraction of sp³-hybridized carbons (Fsp3) is 1.00. The molecule has 0 amide bonds. The maximum atomic E-state index is 3.79. The molecule has 0 spiro atoms. The molecule has 1 unspecified atom stereocenters. The van der Waals surface area contributed by atoms with E-state index in [-0.39, 0.29) is 0 Å². The molecule has 2 aliphatic rings. The topological polar surface area (TPSA) is 12.0 Å². The molecular weight excluding hydrogens is 170 g/mol. The summed E-state index contributed by atoms with van der Waals surface area (Å²) < 4.78 is 0. The molecule has 0 radical (unpaired) electrons. The highest BCUT2D eigenvalue weighted by atomic mass is 14.9. The lowest BCUT2D eigenvalue weighted by molar-refractivity contribution is 0.349. The Labute approximate surface area is 88.7 Å². The second-order valence-corrected chi connectivity index (χ2v) is 6.34. The third-order valence-corrected chi connectivity index (χ3v) is 4.44. The van der Waals surface area contributed by atoms with Crippen LogP contribution in [-0.2, 0) is 0 Å². The molecule has 1 heteroatoms. The van der Waals surface area contributed by atoms with Crippen LogP contribution in [0.2, 0.25) is 0 Å². The lowest BCUT2D eigenvalue weighted by Gasteiger charge is -2.20. The molecule has 0 aromatic heterocycles. The Balaban J connectivity index is 1.72. The average molecular weight is 195 g/mol. The maximum absolute atomic E-state index is 3.79. The minimum atomic E-state index is 0.598. The van der Waals surface area contributed by atoms with E-state index in [1.165, 1.54) is 45.1 Å². The standard InChI is InChI=1S/C13H25N/c1-4-13(7-8-13)10-14-11-5-6-12(2,3)9-11/h11,14H,4-10H2,1-3H3. The van der Waals surface area contributed by atoms with Gasteiger partial charge in [-0.1, -0.05) is 20.8 Å². The van der Waals surface area contributed by atoms with Gasteiger partial charge in [0.2, 0.25) is 0 Å². The summed E-state index contributed by atoms with van der Waals surface area (Å²) in [6.45, 7) is 8.43. The van der Waals surface area contributed by atoms with Gasteiger partial charge in [-0.25, -0.2) is 0 Å². The highest BCUT2D eigenvalue weighted by molar-refractivity contribution is 4.95. The van der Waals surface area contributed by atoms with E-state index in [0.29, 0.717) is 10.8 Å². The van der Waals surface area contributed by atoms with Crippen LogP contribution in [0.1, 0.15) is 59.3 Å². The van der Waals surface area contributed by atoms with E-state index in [2.05, 4.69) is 26.1 Å². The predicted molar refractivity (Wildman–Crippen MR) is 61.4 cm³/mol. The van der Waals surface area contributed by atoms with Crippen molar-refractivity contribution in [3.05, 3.63) is 0 Å². The normalized spacial score (nSPS) is 33.2. The highest BCUT2D eigenvalue weighted by Gasteiger charge is 2.41. The van der Waals surface area contributed by atoms with Crippen molar-refractivity contribution in [3.8, 4) is 0 Å². The van der Waals surface area contributed by atoms with Crippen LogP contribution >= 0.6 is 0 Å². The third kappa shape index (κ3) is 2.31. The Kier molecular flexibility index (Phi) is 2.63.